The average molecular weight is 293 g/mol. The zero-order chi connectivity index (χ0) is 14.2. The Bertz CT molecular complexity index is 930. The fourth-order valence-corrected chi connectivity index (χ4v) is 3.02. The van der Waals surface area contributed by atoms with Crippen molar-refractivity contribution < 1.29 is 0 Å². The molecular weight excluding hydrogens is 282 g/mol. The van der Waals surface area contributed by atoms with Crippen molar-refractivity contribution in [2.75, 3.05) is 0 Å². The summed E-state index contributed by atoms with van der Waals surface area (Å²) in [5, 5.41) is 12.8. The lowest BCUT2D eigenvalue weighted by Crippen LogP contribution is -1.96. The van der Waals surface area contributed by atoms with Crippen molar-refractivity contribution in [1.82, 2.24) is 25.0 Å². The van der Waals surface area contributed by atoms with Crippen LogP contribution in [0.2, 0.25) is 0 Å². The molecule has 0 bridgehead atoms. The van der Waals surface area contributed by atoms with Crippen LogP contribution in [0.4, 0.5) is 0 Å². The SMILES string of the molecule is Cc1ccc(Sc2nc3ccccc3n3nnnc23)cc1. The molecule has 5 nitrogen and oxygen atoms in total. The normalized spacial score (nSPS) is 11.3. The molecular formula is C15H11N5S. The van der Waals surface area contributed by atoms with Crippen molar-refractivity contribution >= 4 is 28.4 Å². The molecule has 0 aliphatic carbocycles. The summed E-state index contributed by atoms with van der Waals surface area (Å²) in [5.74, 6) is 0. The molecule has 0 atom stereocenters. The third kappa shape index (κ3) is 2.13. The summed E-state index contributed by atoms with van der Waals surface area (Å²) >= 11 is 1.57. The van der Waals surface area contributed by atoms with Crippen LogP contribution in [0, 0.1) is 6.92 Å². The number of benzene rings is 2. The van der Waals surface area contributed by atoms with Crippen molar-refractivity contribution in [2.45, 2.75) is 16.8 Å². The number of hydrogen-bond donors (Lipinski definition) is 0. The van der Waals surface area contributed by atoms with E-state index in [1.54, 1.807) is 16.3 Å². The van der Waals surface area contributed by atoms with Crippen molar-refractivity contribution in [2.24, 2.45) is 0 Å². The highest BCUT2D eigenvalue weighted by Crippen LogP contribution is 2.30. The van der Waals surface area contributed by atoms with Gasteiger partial charge in [0.1, 0.15) is 5.03 Å². The lowest BCUT2D eigenvalue weighted by atomic mass is 10.2. The summed E-state index contributed by atoms with van der Waals surface area (Å²) < 4.78 is 1.73. The molecule has 0 amide bonds. The Morgan fingerprint density at radius 2 is 1.81 bits per heavy atom. The Balaban J connectivity index is 1.90. The first-order valence-electron chi connectivity index (χ1n) is 6.52. The highest BCUT2D eigenvalue weighted by molar-refractivity contribution is 7.99. The van der Waals surface area contributed by atoms with Gasteiger partial charge in [0.25, 0.3) is 0 Å². The van der Waals surface area contributed by atoms with E-state index < -0.39 is 0 Å². The zero-order valence-corrected chi connectivity index (χ0v) is 12.1. The van der Waals surface area contributed by atoms with Crippen LogP contribution in [0.3, 0.4) is 0 Å². The van der Waals surface area contributed by atoms with E-state index in [1.165, 1.54) is 5.56 Å². The quantitative estimate of drug-likeness (QED) is 0.568. The number of para-hydroxylation sites is 2. The molecule has 0 radical (unpaired) electrons. The second kappa shape index (κ2) is 4.82. The molecule has 0 spiro atoms. The Kier molecular flexibility index (Phi) is 2.82. The van der Waals surface area contributed by atoms with Crippen LogP contribution in [0.25, 0.3) is 16.7 Å². The second-order valence-electron chi connectivity index (χ2n) is 4.74. The number of rotatable bonds is 2. The van der Waals surface area contributed by atoms with Crippen LogP contribution >= 0.6 is 11.8 Å². The molecule has 0 fully saturated rings. The molecule has 21 heavy (non-hydrogen) atoms. The van der Waals surface area contributed by atoms with Gasteiger partial charge in [-0.25, -0.2) is 4.98 Å². The smallest absolute Gasteiger partial charge is 0.212 e. The van der Waals surface area contributed by atoms with E-state index in [0.29, 0.717) is 5.65 Å². The number of nitrogens with zero attached hydrogens (tertiary/aromatic N) is 5. The van der Waals surface area contributed by atoms with Crippen LogP contribution < -0.4 is 0 Å². The van der Waals surface area contributed by atoms with E-state index >= 15 is 0 Å². The van der Waals surface area contributed by atoms with Crippen LogP contribution in [0.5, 0.6) is 0 Å². The van der Waals surface area contributed by atoms with E-state index in [4.69, 9.17) is 4.98 Å². The lowest BCUT2D eigenvalue weighted by molar-refractivity contribution is 0.839. The number of aromatic nitrogens is 5. The maximum Gasteiger partial charge on any atom is 0.212 e. The molecule has 2 aromatic carbocycles. The standard InChI is InChI=1S/C15H11N5S/c1-10-6-8-11(9-7-10)21-15-14-17-18-19-20(14)13-5-3-2-4-12(13)16-15/h2-9H,1H3. The molecule has 6 heteroatoms. The van der Waals surface area contributed by atoms with Crippen LogP contribution in [-0.2, 0) is 0 Å². The van der Waals surface area contributed by atoms with Crippen LogP contribution in [-0.4, -0.2) is 25.0 Å². The number of hydrogen-bond acceptors (Lipinski definition) is 5. The topological polar surface area (TPSA) is 56.0 Å². The molecule has 2 aromatic heterocycles. The van der Waals surface area contributed by atoms with Gasteiger partial charge in [0.05, 0.1) is 11.0 Å². The molecule has 102 valence electrons. The minimum Gasteiger partial charge on any atom is -0.235 e. The van der Waals surface area contributed by atoms with Gasteiger partial charge in [0.15, 0.2) is 0 Å². The molecule has 0 aliphatic rings. The summed E-state index contributed by atoms with van der Waals surface area (Å²) in [6, 6.07) is 16.2. The number of tetrazole rings is 1. The molecule has 0 N–H and O–H groups in total. The van der Waals surface area contributed by atoms with Gasteiger partial charge in [0, 0.05) is 4.90 Å². The van der Waals surface area contributed by atoms with E-state index in [2.05, 4.69) is 46.7 Å². The molecule has 0 saturated carbocycles. The predicted molar refractivity (Wildman–Crippen MR) is 81.4 cm³/mol. The highest BCUT2D eigenvalue weighted by Gasteiger charge is 2.12. The fourth-order valence-electron chi connectivity index (χ4n) is 2.17. The van der Waals surface area contributed by atoms with Gasteiger partial charge in [-0.3, -0.25) is 0 Å². The Morgan fingerprint density at radius 1 is 1.00 bits per heavy atom. The van der Waals surface area contributed by atoms with Crippen molar-refractivity contribution in [3.63, 3.8) is 0 Å². The predicted octanol–water partition coefficient (Wildman–Crippen LogP) is 3.13. The van der Waals surface area contributed by atoms with E-state index in [1.807, 2.05) is 24.3 Å². The summed E-state index contributed by atoms with van der Waals surface area (Å²) in [6.45, 7) is 2.07. The highest BCUT2D eigenvalue weighted by atomic mass is 32.2. The molecule has 0 saturated heterocycles. The fraction of sp³-hybridized carbons (Fsp3) is 0.0667. The summed E-state index contributed by atoms with van der Waals surface area (Å²) in [7, 11) is 0. The zero-order valence-electron chi connectivity index (χ0n) is 11.3. The minimum absolute atomic E-state index is 0.680. The summed E-state index contributed by atoms with van der Waals surface area (Å²) in [6.07, 6.45) is 0. The first kappa shape index (κ1) is 12.3. The van der Waals surface area contributed by atoms with Crippen LogP contribution in [0.1, 0.15) is 5.56 Å². The average Bonchev–Trinajstić information content (AvgIpc) is 3.00. The summed E-state index contributed by atoms with van der Waals surface area (Å²) in [5.41, 5.74) is 3.71. The lowest BCUT2D eigenvalue weighted by Gasteiger charge is -2.05. The van der Waals surface area contributed by atoms with Crippen LogP contribution in [0.15, 0.2) is 58.5 Å². The van der Waals surface area contributed by atoms with Crippen molar-refractivity contribution in [1.29, 1.82) is 0 Å². The third-order valence-electron chi connectivity index (χ3n) is 3.23. The molecule has 4 aromatic rings. The van der Waals surface area contributed by atoms with Gasteiger partial charge >= 0.3 is 0 Å². The van der Waals surface area contributed by atoms with Gasteiger partial charge in [-0.1, -0.05) is 41.6 Å². The van der Waals surface area contributed by atoms with E-state index in [0.717, 1.165) is 21.0 Å². The number of aryl methyl sites for hydroxylation is 1. The van der Waals surface area contributed by atoms with Gasteiger partial charge in [-0.05, 0) is 41.6 Å². The van der Waals surface area contributed by atoms with Gasteiger partial charge in [0.2, 0.25) is 5.65 Å². The Labute approximate surface area is 125 Å². The Hall–Kier alpha value is -2.47. The van der Waals surface area contributed by atoms with Gasteiger partial charge in [-0.15, -0.1) is 5.10 Å². The molecule has 2 heterocycles. The largest absolute Gasteiger partial charge is 0.235 e. The number of fused-ring (bicyclic) bond motifs is 3. The maximum atomic E-state index is 4.69. The monoisotopic (exact) mass is 293 g/mol. The van der Waals surface area contributed by atoms with Gasteiger partial charge in [-0.2, -0.15) is 4.52 Å². The van der Waals surface area contributed by atoms with Crippen molar-refractivity contribution in [3.05, 3.63) is 54.1 Å². The first-order chi connectivity index (χ1) is 10.3. The minimum atomic E-state index is 0.680. The van der Waals surface area contributed by atoms with Crippen molar-refractivity contribution in [3.8, 4) is 0 Å². The third-order valence-corrected chi connectivity index (χ3v) is 4.20. The summed E-state index contributed by atoms with van der Waals surface area (Å²) in [4.78, 5) is 5.81. The molecule has 0 aliphatic heterocycles. The maximum absolute atomic E-state index is 4.69. The first-order valence-corrected chi connectivity index (χ1v) is 7.34. The van der Waals surface area contributed by atoms with Gasteiger partial charge < -0.3 is 0 Å². The molecule has 0 unspecified atom stereocenters. The molecule has 4 rings (SSSR count). The second-order valence-corrected chi connectivity index (χ2v) is 5.80. The van der Waals surface area contributed by atoms with E-state index in [9.17, 15) is 0 Å². The van der Waals surface area contributed by atoms with E-state index in [-0.39, 0.29) is 0 Å². The Morgan fingerprint density at radius 3 is 2.67 bits per heavy atom.